The average Bonchev–Trinajstić information content (AvgIpc) is 2.47. The number of aliphatic hydroxyl groups is 1. The second-order valence-electron chi connectivity index (χ2n) is 5.00. The standard InChI is InChI=1S/C13H18N2O5S/c16-9-10-3-1-5-12(7-10)14-21(19,20)15-6-2-4-11(8-15)13(17)18/h1,3,5,7,11,14,16H,2,4,6,8-9H2,(H,17,18). The van der Waals surface area contributed by atoms with Gasteiger partial charge in [-0.15, -0.1) is 0 Å². The highest BCUT2D eigenvalue weighted by Crippen LogP contribution is 2.21. The number of anilines is 1. The topological polar surface area (TPSA) is 107 Å². The van der Waals surface area contributed by atoms with Crippen LogP contribution in [0.15, 0.2) is 24.3 Å². The summed E-state index contributed by atoms with van der Waals surface area (Å²) in [4.78, 5) is 11.0. The van der Waals surface area contributed by atoms with Crippen LogP contribution in [-0.2, 0) is 21.6 Å². The van der Waals surface area contributed by atoms with Gasteiger partial charge in [-0.3, -0.25) is 9.52 Å². The summed E-state index contributed by atoms with van der Waals surface area (Å²) in [6.45, 7) is 0.101. The molecule has 0 saturated carbocycles. The molecule has 1 atom stereocenters. The maximum atomic E-state index is 12.3. The minimum Gasteiger partial charge on any atom is -0.481 e. The zero-order chi connectivity index (χ0) is 15.5. The molecule has 116 valence electrons. The normalized spacial score (nSPS) is 20.1. The lowest BCUT2D eigenvalue weighted by Gasteiger charge is -2.30. The lowest BCUT2D eigenvalue weighted by atomic mass is 10.0. The summed E-state index contributed by atoms with van der Waals surface area (Å²) in [5, 5.41) is 18.1. The fourth-order valence-corrected chi connectivity index (χ4v) is 3.61. The van der Waals surface area contributed by atoms with Crippen LogP contribution in [0.3, 0.4) is 0 Å². The lowest BCUT2D eigenvalue weighted by molar-refractivity contribution is -0.142. The number of rotatable bonds is 5. The number of hydrogen-bond donors (Lipinski definition) is 3. The summed E-state index contributed by atoms with van der Waals surface area (Å²) in [6, 6.07) is 6.43. The first-order valence-electron chi connectivity index (χ1n) is 6.63. The Kier molecular flexibility index (Phi) is 4.81. The van der Waals surface area contributed by atoms with Crippen LogP contribution in [0.2, 0.25) is 0 Å². The zero-order valence-electron chi connectivity index (χ0n) is 11.4. The van der Waals surface area contributed by atoms with Crippen molar-refractivity contribution in [1.29, 1.82) is 0 Å². The molecule has 0 amide bonds. The van der Waals surface area contributed by atoms with Gasteiger partial charge in [-0.25, -0.2) is 0 Å². The Bertz CT molecular complexity index is 617. The van der Waals surface area contributed by atoms with Crippen molar-refractivity contribution in [3.63, 3.8) is 0 Å². The SMILES string of the molecule is O=C(O)C1CCCN(S(=O)(=O)Nc2cccc(CO)c2)C1. The highest BCUT2D eigenvalue weighted by Gasteiger charge is 2.32. The van der Waals surface area contributed by atoms with E-state index in [0.29, 0.717) is 30.6 Å². The van der Waals surface area contributed by atoms with E-state index >= 15 is 0 Å². The van der Waals surface area contributed by atoms with E-state index in [9.17, 15) is 13.2 Å². The molecule has 1 fully saturated rings. The molecule has 3 N–H and O–H groups in total. The van der Waals surface area contributed by atoms with Crippen molar-refractivity contribution in [1.82, 2.24) is 4.31 Å². The Morgan fingerprint density at radius 3 is 2.86 bits per heavy atom. The van der Waals surface area contributed by atoms with Crippen LogP contribution in [0.25, 0.3) is 0 Å². The Labute approximate surface area is 123 Å². The van der Waals surface area contributed by atoms with Gasteiger partial charge in [0.1, 0.15) is 0 Å². The molecule has 0 radical (unpaired) electrons. The number of nitrogens with zero attached hydrogens (tertiary/aromatic N) is 1. The number of aliphatic hydroxyl groups excluding tert-OH is 1. The predicted octanol–water partition coefficient (Wildman–Crippen LogP) is 0.632. The predicted molar refractivity (Wildman–Crippen MR) is 76.8 cm³/mol. The minimum atomic E-state index is -3.79. The summed E-state index contributed by atoms with van der Waals surface area (Å²) in [5.41, 5.74) is 0.941. The molecule has 1 aromatic rings. The number of nitrogens with one attached hydrogen (secondary N) is 1. The molecule has 1 heterocycles. The molecule has 21 heavy (non-hydrogen) atoms. The number of aliphatic carboxylic acids is 1. The first-order valence-corrected chi connectivity index (χ1v) is 8.07. The monoisotopic (exact) mass is 314 g/mol. The summed E-state index contributed by atoms with van der Waals surface area (Å²) in [6.07, 6.45) is 1.01. The van der Waals surface area contributed by atoms with E-state index in [4.69, 9.17) is 10.2 Å². The van der Waals surface area contributed by atoms with E-state index < -0.39 is 22.1 Å². The molecule has 1 saturated heterocycles. The highest BCUT2D eigenvalue weighted by atomic mass is 32.2. The van der Waals surface area contributed by atoms with Crippen LogP contribution in [0.4, 0.5) is 5.69 Å². The number of piperidine rings is 1. The Morgan fingerprint density at radius 1 is 1.43 bits per heavy atom. The van der Waals surface area contributed by atoms with Gasteiger partial charge < -0.3 is 10.2 Å². The molecule has 0 aliphatic carbocycles. The van der Waals surface area contributed by atoms with Crippen molar-refractivity contribution in [2.24, 2.45) is 5.92 Å². The molecule has 0 spiro atoms. The number of carbonyl (C=O) groups is 1. The first-order chi connectivity index (χ1) is 9.92. The largest absolute Gasteiger partial charge is 0.481 e. The van der Waals surface area contributed by atoms with Crippen LogP contribution in [0, 0.1) is 5.92 Å². The van der Waals surface area contributed by atoms with Gasteiger partial charge in [0.15, 0.2) is 0 Å². The van der Waals surface area contributed by atoms with Crippen LogP contribution in [-0.4, -0.2) is 42.0 Å². The zero-order valence-corrected chi connectivity index (χ0v) is 12.2. The Hall–Kier alpha value is -1.64. The van der Waals surface area contributed by atoms with Crippen molar-refractivity contribution in [3.05, 3.63) is 29.8 Å². The summed E-state index contributed by atoms with van der Waals surface area (Å²) < 4.78 is 28.1. The van der Waals surface area contributed by atoms with Crippen LogP contribution >= 0.6 is 0 Å². The van der Waals surface area contributed by atoms with Gasteiger partial charge >= 0.3 is 16.2 Å². The highest BCUT2D eigenvalue weighted by molar-refractivity contribution is 7.90. The fourth-order valence-electron chi connectivity index (χ4n) is 2.31. The van der Waals surface area contributed by atoms with Crippen LogP contribution < -0.4 is 4.72 Å². The molecule has 1 aliphatic heterocycles. The molecule has 1 unspecified atom stereocenters. The van der Waals surface area contributed by atoms with Gasteiger partial charge in [-0.1, -0.05) is 12.1 Å². The summed E-state index contributed by atoms with van der Waals surface area (Å²) in [5.74, 6) is -1.64. The molecule has 8 heteroatoms. The smallest absolute Gasteiger partial charge is 0.307 e. The lowest BCUT2D eigenvalue weighted by Crippen LogP contribution is -2.44. The first kappa shape index (κ1) is 15.7. The van der Waals surface area contributed by atoms with Crippen LogP contribution in [0.5, 0.6) is 0 Å². The van der Waals surface area contributed by atoms with E-state index in [2.05, 4.69) is 4.72 Å². The van der Waals surface area contributed by atoms with Crippen LogP contribution in [0.1, 0.15) is 18.4 Å². The molecule has 1 aromatic carbocycles. The van der Waals surface area contributed by atoms with Crippen molar-refractivity contribution < 1.29 is 23.4 Å². The van der Waals surface area contributed by atoms with Crippen molar-refractivity contribution >= 4 is 21.9 Å². The number of carboxylic acids is 1. The summed E-state index contributed by atoms with van der Waals surface area (Å²) >= 11 is 0. The average molecular weight is 314 g/mol. The van der Waals surface area contributed by atoms with Gasteiger partial charge in [-0.05, 0) is 30.5 Å². The quantitative estimate of drug-likeness (QED) is 0.739. The molecule has 1 aliphatic rings. The van der Waals surface area contributed by atoms with Gasteiger partial charge in [0, 0.05) is 13.1 Å². The number of hydrogen-bond acceptors (Lipinski definition) is 4. The molecular formula is C13H18N2O5S. The number of benzene rings is 1. The molecule has 2 rings (SSSR count). The Morgan fingerprint density at radius 2 is 2.19 bits per heavy atom. The molecule has 0 bridgehead atoms. The fraction of sp³-hybridized carbons (Fsp3) is 0.462. The summed E-state index contributed by atoms with van der Waals surface area (Å²) in [7, 11) is -3.79. The van der Waals surface area contributed by atoms with E-state index in [-0.39, 0.29) is 13.2 Å². The molecule has 7 nitrogen and oxygen atoms in total. The maximum absolute atomic E-state index is 12.3. The third-order valence-corrected chi connectivity index (χ3v) is 4.93. The van der Waals surface area contributed by atoms with E-state index in [1.807, 2.05) is 0 Å². The van der Waals surface area contributed by atoms with E-state index in [1.54, 1.807) is 18.2 Å². The van der Waals surface area contributed by atoms with Gasteiger partial charge in [0.2, 0.25) is 0 Å². The third-order valence-electron chi connectivity index (χ3n) is 3.43. The van der Waals surface area contributed by atoms with Gasteiger partial charge in [0.25, 0.3) is 0 Å². The van der Waals surface area contributed by atoms with Crippen molar-refractivity contribution in [2.45, 2.75) is 19.4 Å². The second kappa shape index (κ2) is 6.42. The molecule has 0 aromatic heterocycles. The molecular weight excluding hydrogens is 296 g/mol. The van der Waals surface area contributed by atoms with E-state index in [1.165, 1.54) is 6.07 Å². The van der Waals surface area contributed by atoms with Gasteiger partial charge in [-0.2, -0.15) is 12.7 Å². The maximum Gasteiger partial charge on any atom is 0.307 e. The Balaban J connectivity index is 2.12. The van der Waals surface area contributed by atoms with Gasteiger partial charge in [0.05, 0.1) is 18.2 Å². The number of carboxylic acid groups (broad SMARTS) is 1. The van der Waals surface area contributed by atoms with Crippen molar-refractivity contribution in [3.8, 4) is 0 Å². The van der Waals surface area contributed by atoms with E-state index in [0.717, 1.165) is 4.31 Å². The van der Waals surface area contributed by atoms with Crippen molar-refractivity contribution in [2.75, 3.05) is 17.8 Å². The third kappa shape index (κ3) is 3.93. The minimum absolute atomic E-state index is 0.0235. The second-order valence-corrected chi connectivity index (χ2v) is 6.67.